The van der Waals surface area contributed by atoms with Gasteiger partial charge in [-0.2, -0.15) is 0 Å². The van der Waals surface area contributed by atoms with E-state index in [1.165, 1.54) is 11.9 Å². The number of hydrogen-bond acceptors (Lipinski definition) is 2. The normalized spacial score (nSPS) is 19.5. The van der Waals surface area contributed by atoms with Gasteiger partial charge in [0, 0.05) is 25.6 Å². The molecule has 142 valence electrons. The fourth-order valence-electron chi connectivity index (χ4n) is 3.18. The maximum Gasteiger partial charge on any atom is 0.237 e. The van der Waals surface area contributed by atoms with Crippen LogP contribution in [-0.4, -0.2) is 30.3 Å². The third-order valence-electron chi connectivity index (χ3n) is 4.66. The molecular formula is C19H16F4N2O2. The number of carbonyl (C=O) groups excluding carboxylic acids is 2. The van der Waals surface area contributed by atoms with Crippen molar-refractivity contribution in [3.8, 4) is 0 Å². The molecule has 0 saturated carbocycles. The Kier molecular flexibility index (Phi) is 4.91. The van der Waals surface area contributed by atoms with Crippen LogP contribution >= 0.6 is 0 Å². The summed E-state index contributed by atoms with van der Waals surface area (Å²) in [5.74, 6) is -10.5. The molecule has 1 saturated heterocycles. The van der Waals surface area contributed by atoms with Crippen LogP contribution in [0.5, 0.6) is 0 Å². The van der Waals surface area contributed by atoms with Crippen LogP contribution in [0.2, 0.25) is 0 Å². The summed E-state index contributed by atoms with van der Waals surface area (Å²) in [6.45, 7) is 2.15. The number of rotatable bonds is 3. The fraction of sp³-hybridized carbons (Fsp3) is 0.263. The molecule has 1 heterocycles. The molecule has 1 N–H and O–H groups in total. The maximum atomic E-state index is 13.8. The van der Waals surface area contributed by atoms with E-state index in [4.69, 9.17) is 0 Å². The first kappa shape index (κ1) is 18.9. The van der Waals surface area contributed by atoms with E-state index in [1.54, 1.807) is 12.1 Å². The van der Waals surface area contributed by atoms with Gasteiger partial charge in [0.1, 0.15) is 5.92 Å². The van der Waals surface area contributed by atoms with E-state index >= 15 is 0 Å². The number of benzene rings is 2. The molecule has 0 bridgehead atoms. The first-order valence-corrected chi connectivity index (χ1v) is 8.16. The Labute approximate surface area is 152 Å². The third-order valence-corrected chi connectivity index (χ3v) is 4.66. The highest BCUT2D eigenvalue weighted by Gasteiger charge is 2.44. The molecule has 2 amide bonds. The number of nitrogens with zero attached hydrogens (tertiary/aromatic N) is 1. The van der Waals surface area contributed by atoms with E-state index in [1.807, 2.05) is 24.4 Å². The Balaban J connectivity index is 1.92. The van der Waals surface area contributed by atoms with Crippen LogP contribution < -0.4 is 5.32 Å². The minimum atomic E-state index is -2.03. The number of aryl methyl sites for hydroxylation is 1. The van der Waals surface area contributed by atoms with E-state index in [9.17, 15) is 27.2 Å². The molecule has 4 nitrogen and oxygen atoms in total. The topological polar surface area (TPSA) is 49.4 Å². The third kappa shape index (κ3) is 3.39. The van der Waals surface area contributed by atoms with Crippen LogP contribution in [0.4, 0.5) is 23.2 Å². The van der Waals surface area contributed by atoms with Crippen LogP contribution in [0.25, 0.3) is 0 Å². The summed E-state index contributed by atoms with van der Waals surface area (Å²) in [7, 11) is 1.52. The van der Waals surface area contributed by atoms with Crippen LogP contribution in [-0.2, 0) is 9.59 Å². The second-order valence-corrected chi connectivity index (χ2v) is 6.55. The molecule has 3 rings (SSSR count). The molecule has 0 spiro atoms. The molecule has 8 heteroatoms. The summed E-state index contributed by atoms with van der Waals surface area (Å²) in [5.41, 5.74) is 0.869. The van der Waals surface area contributed by atoms with Crippen molar-refractivity contribution in [1.82, 2.24) is 4.90 Å². The molecule has 0 aromatic heterocycles. The molecule has 1 fully saturated rings. The van der Waals surface area contributed by atoms with Crippen molar-refractivity contribution in [2.24, 2.45) is 5.92 Å². The number of hydrogen-bond donors (Lipinski definition) is 1. The van der Waals surface area contributed by atoms with Crippen LogP contribution in [0.15, 0.2) is 30.3 Å². The van der Waals surface area contributed by atoms with Gasteiger partial charge >= 0.3 is 0 Å². The monoisotopic (exact) mass is 380 g/mol. The van der Waals surface area contributed by atoms with Gasteiger partial charge < -0.3 is 10.2 Å². The van der Waals surface area contributed by atoms with Crippen molar-refractivity contribution in [3.05, 3.63) is 64.7 Å². The molecule has 0 aliphatic carbocycles. The standard InChI is InChI=1S/C19H16F4N2O2/c1-9-3-5-10(6-4-9)11-8-25(2)19(27)14(11)18(26)24-13-7-12(20)15(21)17(23)16(13)22/h3-7,11,14H,8H2,1-2H3,(H,24,26)/t11-,14+/m1/s1. The Bertz CT molecular complexity index is 915. The summed E-state index contributed by atoms with van der Waals surface area (Å²) < 4.78 is 53.7. The zero-order valence-electron chi connectivity index (χ0n) is 14.5. The fourth-order valence-corrected chi connectivity index (χ4v) is 3.18. The SMILES string of the molecule is Cc1ccc([C@H]2CN(C)C(=O)[C@@H]2C(=O)Nc2cc(F)c(F)c(F)c2F)cc1. The van der Waals surface area contributed by atoms with Gasteiger partial charge in [-0.1, -0.05) is 29.8 Å². The average molecular weight is 380 g/mol. The molecule has 1 aliphatic rings. The van der Waals surface area contributed by atoms with E-state index < -0.39 is 52.6 Å². The van der Waals surface area contributed by atoms with Gasteiger partial charge in [-0.3, -0.25) is 9.59 Å². The molecule has 0 unspecified atom stereocenters. The average Bonchev–Trinajstić information content (AvgIpc) is 2.93. The largest absolute Gasteiger partial charge is 0.344 e. The lowest BCUT2D eigenvalue weighted by Gasteiger charge is -2.17. The lowest BCUT2D eigenvalue weighted by Crippen LogP contribution is -2.33. The Morgan fingerprint density at radius 1 is 1.07 bits per heavy atom. The van der Waals surface area contributed by atoms with Gasteiger partial charge in [0.25, 0.3) is 0 Å². The van der Waals surface area contributed by atoms with Crippen molar-refractivity contribution in [3.63, 3.8) is 0 Å². The van der Waals surface area contributed by atoms with Crippen molar-refractivity contribution in [1.29, 1.82) is 0 Å². The Morgan fingerprint density at radius 3 is 2.33 bits per heavy atom. The van der Waals surface area contributed by atoms with E-state index in [-0.39, 0.29) is 6.54 Å². The molecular weight excluding hydrogens is 364 g/mol. The van der Waals surface area contributed by atoms with E-state index in [2.05, 4.69) is 0 Å². The van der Waals surface area contributed by atoms with Crippen molar-refractivity contribution in [2.45, 2.75) is 12.8 Å². The van der Waals surface area contributed by atoms with Gasteiger partial charge in [-0.05, 0) is 12.5 Å². The van der Waals surface area contributed by atoms with Crippen molar-refractivity contribution >= 4 is 17.5 Å². The molecule has 0 radical (unpaired) electrons. The van der Waals surface area contributed by atoms with E-state index in [0.29, 0.717) is 6.07 Å². The molecule has 27 heavy (non-hydrogen) atoms. The Morgan fingerprint density at radius 2 is 1.70 bits per heavy atom. The predicted octanol–water partition coefficient (Wildman–Crippen LogP) is 3.36. The Hall–Kier alpha value is -2.90. The smallest absolute Gasteiger partial charge is 0.237 e. The first-order valence-electron chi connectivity index (χ1n) is 8.16. The van der Waals surface area contributed by atoms with Gasteiger partial charge in [0.15, 0.2) is 23.3 Å². The molecule has 2 aromatic rings. The van der Waals surface area contributed by atoms with Crippen LogP contribution in [0.3, 0.4) is 0 Å². The highest BCUT2D eigenvalue weighted by molar-refractivity contribution is 6.08. The highest BCUT2D eigenvalue weighted by Crippen LogP contribution is 2.34. The number of likely N-dealkylation sites (N-methyl/N-ethyl adjacent to an activating group) is 1. The quantitative estimate of drug-likeness (QED) is 0.384. The number of anilines is 1. The van der Waals surface area contributed by atoms with Crippen molar-refractivity contribution < 1.29 is 27.2 Å². The summed E-state index contributed by atoms with van der Waals surface area (Å²) in [5, 5.41) is 2.02. The zero-order valence-corrected chi connectivity index (χ0v) is 14.5. The highest BCUT2D eigenvalue weighted by atomic mass is 19.2. The molecule has 1 aliphatic heterocycles. The van der Waals surface area contributed by atoms with Crippen LogP contribution in [0, 0.1) is 36.1 Å². The van der Waals surface area contributed by atoms with Gasteiger partial charge in [0.2, 0.25) is 11.8 Å². The zero-order chi connectivity index (χ0) is 19.9. The summed E-state index contributed by atoms with van der Waals surface area (Å²) in [6.07, 6.45) is 0. The predicted molar refractivity (Wildman–Crippen MR) is 90.0 cm³/mol. The number of halogens is 4. The number of amides is 2. The van der Waals surface area contributed by atoms with Crippen LogP contribution in [0.1, 0.15) is 17.0 Å². The van der Waals surface area contributed by atoms with Gasteiger partial charge in [0.05, 0.1) is 5.69 Å². The number of nitrogens with one attached hydrogen (secondary N) is 1. The van der Waals surface area contributed by atoms with Gasteiger partial charge in [-0.15, -0.1) is 0 Å². The number of carbonyl (C=O) groups is 2. The minimum absolute atomic E-state index is 0.259. The summed E-state index contributed by atoms with van der Waals surface area (Å²) in [6, 6.07) is 7.57. The number of likely N-dealkylation sites (tertiary alicyclic amines) is 1. The van der Waals surface area contributed by atoms with Crippen molar-refractivity contribution in [2.75, 3.05) is 18.9 Å². The first-order chi connectivity index (χ1) is 12.7. The summed E-state index contributed by atoms with van der Waals surface area (Å²) >= 11 is 0. The van der Waals surface area contributed by atoms with E-state index in [0.717, 1.165) is 11.1 Å². The second kappa shape index (κ2) is 7.02. The minimum Gasteiger partial charge on any atom is -0.344 e. The molecule has 2 atom stereocenters. The lowest BCUT2D eigenvalue weighted by atomic mass is 9.87. The molecule has 2 aromatic carbocycles. The van der Waals surface area contributed by atoms with Gasteiger partial charge in [-0.25, -0.2) is 17.6 Å². The lowest BCUT2D eigenvalue weighted by molar-refractivity contribution is -0.135. The second-order valence-electron chi connectivity index (χ2n) is 6.55. The summed E-state index contributed by atoms with van der Waals surface area (Å²) in [4.78, 5) is 26.4. The maximum absolute atomic E-state index is 13.8.